The predicted octanol–water partition coefficient (Wildman–Crippen LogP) is 4.98. The third-order valence-corrected chi connectivity index (χ3v) is 4.21. The second kappa shape index (κ2) is 5.54. The van der Waals surface area contributed by atoms with Crippen LogP contribution in [-0.2, 0) is 0 Å². The van der Waals surface area contributed by atoms with E-state index in [0.717, 1.165) is 26.8 Å². The Labute approximate surface area is 136 Å². The van der Waals surface area contributed by atoms with Gasteiger partial charge in [-0.3, -0.25) is 0 Å². The van der Waals surface area contributed by atoms with Crippen LogP contribution in [0.25, 0.3) is 22.2 Å². The van der Waals surface area contributed by atoms with Crippen molar-refractivity contribution in [3.05, 3.63) is 63.6 Å². The molecule has 0 aliphatic heterocycles. The molecule has 3 nitrogen and oxygen atoms in total. The molecular formula is C18H14BrNO2. The summed E-state index contributed by atoms with van der Waals surface area (Å²) in [4.78, 5) is 16.5. The van der Waals surface area contributed by atoms with Gasteiger partial charge >= 0.3 is 5.97 Å². The van der Waals surface area contributed by atoms with Crippen molar-refractivity contribution in [2.75, 3.05) is 0 Å². The average molecular weight is 356 g/mol. The van der Waals surface area contributed by atoms with E-state index in [-0.39, 0.29) is 0 Å². The summed E-state index contributed by atoms with van der Waals surface area (Å²) < 4.78 is 0.855. The number of halogens is 1. The first-order chi connectivity index (χ1) is 10.5. The third-order valence-electron chi connectivity index (χ3n) is 3.75. The van der Waals surface area contributed by atoms with E-state index in [9.17, 15) is 9.90 Å². The number of aromatic nitrogens is 1. The summed E-state index contributed by atoms with van der Waals surface area (Å²) in [6.07, 6.45) is 0. The quantitative estimate of drug-likeness (QED) is 0.705. The van der Waals surface area contributed by atoms with Crippen LogP contribution < -0.4 is 0 Å². The van der Waals surface area contributed by atoms with E-state index in [1.807, 2.05) is 56.3 Å². The molecule has 3 rings (SSSR count). The van der Waals surface area contributed by atoms with Crippen LogP contribution >= 0.6 is 15.9 Å². The summed E-state index contributed by atoms with van der Waals surface area (Å²) in [6.45, 7) is 3.75. The number of nitrogens with zero attached hydrogens (tertiary/aromatic N) is 1. The third kappa shape index (κ3) is 2.40. The lowest BCUT2D eigenvalue weighted by Gasteiger charge is -2.14. The smallest absolute Gasteiger partial charge is 0.336 e. The Morgan fingerprint density at radius 3 is 2.45 bits per heavy atom. The minimum absolute atomic E-state index is 0.313. The molecule has 4 heteroatoms. The number of carbonyl (C=O) groups is 1. The van der Waals surface area contributed by atoms with E-state index in [4.69, 9.17) is 4.98 Å². The average Bonchev–Trinajstić information content (AvgIpc) is 2.47. The van der Waals surface area contributed by atoms with Gasteiger partial charge in [0.2, 0.25) is 0 Å². The molecule has 0 radical (unpaired) electrons. The number of hydrogen-bond acceptors (Lipinski definition) is 2. The molecule has 0 saturated carbocycles. The van der Waals surface area contributed by atoms with E-state index >= 15 is 0 Å². The maximum Gasteiger partial charge on any atom is 0.336 e. The first-order valence-corrected chi connectivity index (χ1v) is 7.67. The molecule has 0 fully saturated rings. The van der Waals surface area contributed by atoms with Gasteiger partial charge in [0, 0.05) is 15.4 Å². The number of aromatic carboxylic acids is 1. The highest BCUT2D eigenvalue weighted by Gasteiger charge is 2.19. The summed E-state index contributed by atoms with van der Waals surface area (Å²) in [6, 6.07) is 13.4. The molecule has 2 aromatic carbocycles. The van der Waals surface area contributed by atoms with Crippen LogP contribution in [0.2, 0.25) is 0 Å². The number of rotatable bonds is 2. The molecular weight excluding hydrogens is 342 g/mol. The molecule has 0 saturated heterocycles. The summed E-state index contributed by atoms with van der Waals surface area (Å²) in [5, 5.41) is 10.3. The van der Waals surface area contributed by atoms with Gasteiger partial charge in [0.25, 0.3) is 0 Å². The molecule has 0 spiro atoms. The summed E-state index contributed by atoms with van der Waals surface area (Å²) in [5.74, 6) is -0.931. The van der Waals surface area contributed by atoms with Crippen molar-refractivity contribution in [1.82, 2.24) is 4.98 Å². The van der Waals surface area contributed by atoms with Crippen LogP contribution in [0.5, 0.6) is 0 Å². The van der Waals surface area contributed by atoms with E-state index in [1.165, 1.54) is 0 Å². The number of benzene rings is 2. The molecule has 1 aromatic heterocycles. The van der Waals surface area contributed by atoms with Crippen molar-refractivity contribution in [1.29, 1.82) is 0 Å². The number of carboxylic acids is 1. The molecule has 0 atom stereocenters. The zero-order valence-electron chi connectivity index (χ0n) is 12.2. The van der Waals surface area contributed by atoms with Gasteiger partial charge in [-0.1, -0.05) is 46.3 Å². The first-order valence-electron chi connectivity index (χ1n) is 6.88. The molecule has 0 aliphatic rings. The zero-order valence-corrected chi connectivity index (χ0v) is 13.8. The number of hydrogen-bond donors (Lipinski definition) is 1. The van der Waals surface area contributed by atoms with Crippen LogP contribution in [-0.4, -0.2) is 16.1 Å². The van der Waals surface area contributed by atoms with Gasteiger partial charge in [-0.15, -0.1) is 0 Å². The predicted molar refractivity (Wildman–Crippen MR) is 91.3 cm³/mol. The molecule has 110 valence electrons. The highest BCUT2D eigenvalue weighted by atomic mass is 79.9. The standard InChI is InChI=1S/C18H14BrNO2/c1-10-8-13(19)9-14-15(18(21)22)11(2)17(20-16(10)14)12-6-4-3-5-7-12/h3-9H,1-2H3,(H,21,22). The first kappa shape index (κ1) is 14.7. The van der Waals surface area contributed by atoms with Crippen molar-refractivity contribution >= 4 is 32.8 Å². The van der Waals surface area contributed by atoms with Crippen molar-refractivity contribution in [2.45, 2.75) is 13.8 Å². The maximum absolute atomic E-state index is 11.8. The lowest BCUT2D eigenvalue weighted by molar-refractivity contribution is 0.0698. The van der Waals surface area contributed by atoms with Crippen LogP contribution in [0.3, 0.4) is 0 Å². The molecule has 0 amide bonds. The van der Waals surface area contributed by atoms with Gasteiger partial charge < -0.3 is 5.11 Å². The van der Waals surface area contributed by atoms with Gasteiger partial charge in [0.1, 0.15) is 0 Å². The summed E-state index contributed by atoms with van der Waals surface area (Å²) >= 11 is 3.43. The van der Waals surface area contributed by atoms with Crippen molar-refractivity contribution in [2.24, 2.45) is 0 Å². The van der Waals surface area contributed by atoms with E-state index in [1.54, 1.807) is 0 Å². The fraction of sp³-hybridized carbons (Fsp3) is 0.111. The molecule has 1 N–H and O–H groups in total. The molecule has 0 unspecified atom stereocenters. The molecule has 3 aromatic rings. The molecule has 0 aliphatic carbocycles. The van der Waals surface area contributed by atoms with Crippen LogP contribution in [0.15, 0.2) is 46.9 Å². The van der Waals surface area contributed by atoms with Gasteiger partial charge in [0.15, 0.2) is 0 Å². The van der Waals surface area contributed by atoms with Crippen molar-refractivity contribution in [3.8, 4) is 11.3 Å². The number of carboxylic acid groups (broad SMARTS) is 1. The Kier molecular flexibility index (Phi) is 3.71. The summed E-state index contributed by atoms with van der Waals surface area (Å²) in [7, 11) is 0. The van der Waals surface area contributed by atoms with Gasteiger partial charge in [-0.05, 0) is 37.1 Å². The summed E-state index contributed by atoms with van der Waals surface area (Å²) in [5.41, 5.74) is 4.31. The fourth-order valence-electron chi connectivity index (χ4n) is 2.74. The SMILES string of the molecule is Cc1c(-c2ccccc2)nc2c(C)cc(Br)cc2c1C(=O)O. The van der Waals surface area contributed by atoms with E-state index in [2.05, 4.69) is 15.9 Å². The Balaban J connectivity index is 2.47. The number of fused-ring (bicyclic) bond motifs is 1. The van der Waals surface area contributed by atoms with Crippen molar-refractivity contribution in [3.63, 3.8) is 0 Å². The van der Waals surface area contributed by atoms with Gasteiger partial charge in [-0.2, -0.15) is 0 Å². The zero-order chi connectivity index (χ0) is 15.9. The second-order valence-corrected chi connectivity index (χ2v) is 6.17. The Hall–Kier alpha value is -2.20. The van der Waals surface area contributed by atoms with Gasteiger partial charge in [-0.25, -0.2) is 9.78 Å². The highest BCUT2D eigenvalue weighted by molar-refractivity contribution is 9.10. The van der Waals surface area contributed by atoms with Crippen LogP contribution in [0, 0.1) is 13.8 Å². The van der Waals surface area contributed by atoms with E-state index in [0.29, 0.717) is 16.5 Å². The molecule has 22 heavy (non-hydrogen) atoms. The highest BCUT2D eigenvalue weighted by Crippen LogP contribution is 2.32. The van der Waals surface area contributed by atoms with E-state index < -0.39 is 5.97 Å². The lowest BCUT2D eigenvalue weighted by Crippen LogP contribution is -2.05. The maximum atomic E-state index is 11.8. The largest absolute Gasteiger partial charge is 0.478 e. The van der Waals surface area contributed by atoms with Gasteiger partial charge in [0.05, 0.1) is 16.8 Å². The monoisotopic (exact) mass is 355 g/mol. The number of aryl methyl sites for hydroxylation is 1. The topological polar surface area (TPSA) is 50.2 Å². The second-order valence-electron chi connectivity index (χ2n) is 5.25. The van der Waals surface area contributed by atoms with Crippen LogP contribution in [0.4, 0.5) is 0 Å². The number of pyridine rings is 1. The van der Waals surface area contributed by atoms with Crippen LogP contribution in [0.1, 0.15) is 21.5 Å². The molecule has 1 heterocycles. The fourth-order valence-corrected chi connectivity index (χ4v) is 3.32. The molecule has 0 bridgehead atoms. The Morgan fingerprint density at radius 2 is 1.82 bits per heavy atom. The van der Waals surface area contributed by atoms with Crippen molar-refractivity contribution < 1.29 is 9.90 Å². The normalized spacial score (nSPS) is 10.9. The minimum atomic E-state index is -0.931. The lowest BCUT2D eigenvalue weighted by atomic mass is 9.96. The minimum Gasteiger partial charge on any atom is -0.478 e. The Bertz CT molecular complexity index is 889. The Morgan fingerprint density at radius 1 is 1.14 bits per heavy atom.